The highest BCUT2D eigenvalue weighted by Crippen LogP contribution is 2.14. The van der Waals surface area contributed by atoms with Crippen LogP contribution < -0.4 is 11.1 Å². The second-order valence-electron chi connectivity index (χ2n) is 2.73. The van der Waals surface area contributed by atoms with Crippen LogP contribution in [0.1, 0.15) is 5.56 Å². The first-order valence-corrected chi connectivity index (χ1v) is 4.34. The molecule has 0 unspecified atom stereocenters. The van der Waals surface area contributed by atoms with E-state index in [0.29, 0.717) is 10.6 Å². The topological polar surface area (TPSA) is 79.0 Å². The van der Waals surface area contributed by atoms with Crippen LogP contribution in [0.25, 0.3) is 0 Å². The Morgan fingerprint density at radius 3 is 2.71 bits per heavy atom. The van der Waals surface area contributed by atoms with Gasteiger partial charge in [-0.1, -0.05) is 29.8 Å². The van der Waals surface area contributed by atoms with Gasteiger partial charge in [0.2, 0.25) is 5.91 Å². The molecule has 5 heteroatoms. The van der Waals surface area contributed by atoms with E-state index in [9.17, 15) is 4.79 Å². The number of guanidine groups is 1. The fourth-order valence-electron chi connectivity index (χ4n) is 1.01. The van der Waals surface area contributed by atoms with Crippen molar-refractivity contribution in [2.45, 2.75) is 6.42 Å². The van der Waals surface area contributed by atoms with E-state index in [4.69, 9.17) is 22.7 Å². The van der Waals surface area contributed by atoms with Crippen LogP contribution in [0.15, 0.2) is 24.3 Å². The molecule has 0 aliphatic rings. The van der Waals surface area contributed by atoms with Crippen molar-refractivity contribution in [2.75, 3.05) is 0 Å². The van der Waals surface area contributed by atoms with Gasteiger partial charge in [0.05, 0.1) is 6.42 Å². The number of nitrogens with one attached hydrogen (secondary N) is 2. The monoisotopic (exact) mass is 211 g/mol. The Morgan fingerprint density at radius 2 is 2.14 bits per heavy atom. The molecule has 1 rings (SSSR count). The van der Waals surface area contributed by atoms with Crippen LogP contribution in [0.5, 0.6) is 0 Å². The molecule has 4 nitrogen and oxygen atoms in total. The van der Waals surface area contributed by atoms with Crippen molar-refractivity contribution >= 4 is 23.5 Å². The molecular formula is C9H10ClN3O. The van der Waals surface area contributed by atoms with E-state index < -0.39 is 0 Å². The molecule has 0 spiro atoms. The van der Waals surface area contributed by atoms with E-state index in [1.54, 1.807) is 24.3 Å². The Labute approximate surface area is 86.6 Å². The van der Waals surface area contributed by atoms with E-state index >= 15 is 0 Å². The molecule has 1 aromatic carbocycles. The summed E-state index contributed by atoms with van der Waals surface area (Å²) < 4.78 is 0. The molecule has 0 aromatic heterocycles. The Kier molecular flexibility index (Phi) is 3.48. The highest BCUT2D eigenvalue weighted by atomic mass is 35.5. The van der Waals surface area contributed by atoms with Crippen LogP contribution in [-0.4, -0.2) is 11.9 Å². The molecule has 0 atom stereocenters. The van der Waals surface area contributed by atoms with Crippen molar-refractivity contribution in [3.05, 3.63) is 34.9 Å². The minimum absolute atomic E-state index is 0.124. The number of benzene rings is 1. The van der Waals surface area contributed by atoms with Crippen LogP contribution in [0, 0.1) is 5.41 Å². The Bertz CT molecular complexity index is 365. The molecule has 0 aliphatic carbocycles. The molecule has 0 aliphatic heterocycles. The van der Waals surface area contributed by atoms with Crippen LogP contribution in [-0.2, 0) is 11.2 Å². The summed E-state index contributed by atoms with van der Waals surface area (Å²) >= 11 is 5.84. The van der Waals surface area contributed by atoms with Gasteiger partial charge in [0, 0.05) is 5.02 Å². The number of nitrogens with two attached hydrogens (primary N) is 1. The van der Waals surface area contributed by atoms with Crippen molar-refractivity contribution in [3.63, 3.8) is 0 Å². The van der Waals surface area contributed by atoms with Gasteiger partial charge in [-0.15, -0.1) is 0 Å². The van der Waals surface area contributed by atoms with Crippen molar-refractivity contribution in [3.8, 4) is 0 Å². The first-order valence-electron chi connectivity index (χ1n) is 3.97. The summed E-state index contributed by atoms with van der Waals surface area (Å²) in [6.07, 6.45) is 0.124. The van der Waals surface area contributed by atoms with Crippen LogP contribution in [0.2, 0.25) is 5.02 Å². The summed E-state index contributed by atoms with van der Waals surface area (Å²) in [5.41, 5.74) is 5.72. The molecule has 14 heavy (non-hydrogen) atoms. The molecule has 0 radical (unpaired) electrons. The van der Waals surface area contributed by atoms with Crippen molar-refractivity contribution in [1.82, 2.24) is 5.32 Å². The fraction of sp³-hybridized carbons (Fsp3) is 0.111. The third kappa shape index (κ3) is 3.06. The molecule has 0 saturated heterocycles. The van der Waals surface area contributed by atoms with Gasteiger partial charge in [-0.2, -0.15) is 0 Å². The zero-order valence-corrected chi connectivity index (χ0v) is 8.14. The van der Waals surface area contributed by atoms with Crippen LogP contribution in [0.4, 0.5) is 0 Å². The average Bonchev–Trinajstić information content (AvgIpc) is 2.07. The second kappa shape index (κ2) is 4.62. The summed E-state index contributed by atoms with van der Waals surface area (Å²) in [7, 11) is 0. The van der Waals surface area contributed by atoms with E-state index in [0.717, 1.165) is 0 Å². The molecule has 0 bridgehead atoms. The molecule has 0 heterocycles. The largest absolute Gasteiger partial charge is 0.370 e. The number of hydrogen-bond acceptors (Lipinski definition) is 2. The van der Waals surface area contributed by atoms with Gasteiger partial charge < -0.3 is 5.73 Å². The summed E-state index contributed by atoms with van der Waals surface area (Å²) in [6, 6.07) is 7.04. The second-order valence-corrected chi connectivity index (χ2v) is 3.14. The molecule has 74 valence electrons. The Hall–Kier alpha value is -1.55. The smallest absolute Gasteiger partial charge is 0.231 e. The normalized spacial score (nSPS) is 9.50. The van der Waals surface area contributed by atoms with Gasteiger partial charge in [0.25, 0.3) is 0 Å². The van der Waals surface area contributed by atoms with Gasteiger partial charge in [0.1, 0.15) is 0 Å². The molecule has 4 N–H and O–H groups in total. The van der Waals surface area contributed by atoms with Crippen LogP contribution in [0.3, 0.4) is 0 Å². The number of amides is 1. The maximum Gasteiger partial charge on any atom is 0.231 e. The minimum Gasteiger partial charge on any atom is -0.370 e. The van der Waals surface area contributed by atoms with Crippen molar-refractivity contribution in [2.24, 2.45) is 5.73 Å². The number of hydrogen-bond donors (Lipinski definition) is 3. The Morgan fingerprint density at radius 1 is 1.50 bits per heavy atom. The first kappa shape index (κ1) is 10.5. The third-order valence-electron chi connectivity index (χ3n) is 1.58. The number of carbonyl (C=O) groups is 1. The number of carbonyl (C=O) groups excluding carboxylic acids is 1. The third-order valence-corrected chi connectivity index (χ3v) is 1.95. The lowest BCUT2D eigenvalue weighted by atomic mass is 10.1. The van der Waals surface area contributed by atoms with E-state index in [1.165, 1.54) is 0 Å². The lowest BCUT2D eigenvalue weighted by Crippen LogP contribution is -2.36. The zero-order valence-electron chi connectivity index (χ0n) is 7.38. The molecule has 0 saturated carbocycles. The molecule has 1 aromatic rings. The lowest BCUT2D eigenvalue weighted by Gasteiger charge is -2.03. The zero-order chi connectivity index (χ0) is 10.6. The summed E-state index contributed by atoms with van der Waals surface area (Å²) in [6.45, 7) is 0. The highest BCUT2D eigenvalue weighted by Gasteiger charge is 2.06. The minimum atomic E-state index is -0.359. The van der Waals surface area contributed by atoms with Crippen LogP contribution >= 0.6 is 11.6 Å². The Balaban J connectivity index is 2.65. The maximum absolute atomic E-state index is 11.2. The fourth-order valence-corrected chi connectivity index (χ4v) is 1.21. The number of rotatable bonds is 2. The van der Waals surface area contributed by atoms with Gasteiger partial charge in [-0.3, -0.25) is 15.5 Å². The van der Waals surface area contributed by atoms with Crippen molar-refractivity contribution < 1.29 is 4.79 Å². The van der Waals surface area contributed by atoms with Gasteiger partial charge in [-0.25, -0.2) is 0 Å². The van der Waals surface area contributed by atoms with Crippen molar-refractivity contribution in [1.29, 1.82) is 5.41 Å². The average molecular weight is 212 g/mol. The predicted molar refractivity (Wildman–Crippen MR) is 55.2 cm³/mol. The van der Waals surface area contributed by atoms with Gasteiger partial charge >= 0.3 is 0 Å². The summed E-state index contributed by atoms with van der Waals surface area (Å²) in [4.78, 5) is 11.2. The quantitative estimate of drug-likeness (QED) is 0.502. The molecular weight excluding hydrogens is 202 g/mol. The molecule has 0 fully saturated rings. The van der Waals surface area contributed by atoms with Gasteiger partial charge in [0.15, 0.2) is 5.96 Å². The van der Waals surface area contributed by atoms with E-state index in [1.807, 2.05) is 0 Å². The van der Waals surface area contributed by atoms with E-state index in [2.05, 4.69) is 5.32 Å². The van der Waals surface area contributed by atoms with E-state index in [-0.39, 0.29) is 18.3 Å². The predicted octanol–water partition coefficient (Wildman–Crippen LogP) is 0.892. The highest BCUT2D eigenvalue weighted by molar-refractivity contribution is 6.31. The standard InChI is InChI=1S/C9H10ClN3O/c10-7-4-2-1-3-6(7)5-8(14)13-9(11)12/h1-4H,5H2,(H4,11,12,13,14). The lowest BCUT2D eigenvalue weighted by molar-refractivity contribution is -0.119. The summed E-state index contributed by atoms with van der Waals surface area (Å²) in [5.74, 6) is -0.701. The first-order chi connectivity index (χ1) is 6.59. The SMILES string of the molecule is N=C(N)NC(=O)Cc1ccccc1Cl. The molecule has 1 amide bonds. The van der Waals surface area contributed by atoms with Gasteiger partial charge in [-0.05, 0) is 11.6 Å². The summed E-state index contributed by atoms with van der Waals surface area (Å²) in [5, 5.41) is 9.57. The maximum atomic E-state index is 11.2. The number of halogens is 1.